The summed E-state index contributed by atoms with van der Waals surface area (Å²) in [7, 11) is 11.9. The van der Waals surface area contributed by atoms with Crippen molar-refractivity contribution in [3.63, 3.8) is 0 Å². The Morgan fingerprint density at radius 1 is 0.398 bits per heavy atom. The molecule has 22 nitrogen and oxygen atoms in total. The zero-order valence-corrected chi connectivity index (χ0v) is 47.7. The van der Waals surface area contributed by atoms with Gasteiger partial charge in [-0.2, -0.15) is 15.3 Å². The fraction of sp³-hybridized carbons (Fsp3) is 0.200. The third kappa shape index (κ3) is 7.70. The third-order valence-electron chi connectivity index (χ3n) is 16.3. The molecule has 12 aromatic heterocycles. The van der Waals surface area contributed by atoms with Crippen LogP contribution in [0, 0.1) is 0 Å². The zero-order valence-electron chi connectivity index (χ0n) is 46.8. The van der Waals surface area contributed by atoms with Crippen molar-refractivity contribution in [2.24, 2.45) is 42.3 Å². The Bertz CT molecular complexity index is 4710. The van der Waals surface area contributed by atoms with E-state index in [0.717, 1.165) is 115 Å². The second kappa shape index (κ2) is 18.7. The molecule has 0 radical (unpaired) electrons. The predicted octanol–water partition coefficient (Wildman–Crippen LogP) is 11.3. The highest BCUT2D eigenvalue weighted by Gasteiger charge is 2.33. The lowest BCUT2D eigenvalue weighted by Crippen LogP contribution is -2.12. The summed E-state index contributed by atoms with van der Waals surface area (Å²) in [6.07, 6.45) is 16.9. The molecule has 0 aliphatic rings. The van der Waals surface area contributed by atoms with Gasteiger partial charge in [0.25, 0.3) is 0 Å². The van der Waals surface area contributed by atoms with Crippen molar-refractivity contribution in [1.29, 1.82) is 0 Å². The number of hydrogen-bond donors (Lipinski definition) is 0. The summed E-state index contributed by atoms with van der Waals surface area (Å²) in [5.41, 5.74) is 12.0. The lowest BCUT2D eigenvalue weighted by Gasteiger charge is -2.22. The number of nitrogens with zero attached hydrogens (tertiary/aromatic N) is 15. The highest BCUT2D eigenvalue weighted by atomic mass is 31.2. The SMILES string of the molecule is COc1ccc2c(c1)c(-c1cc3c4c(cnc3n1COP(=O)(OCn1c(-c3cn(C)c5ccc(OC)cc35)cc3c5c(cnc31)cnn5C)OCn1c(-c3cn(C)c5ccc(OC)cc35)cc3c5c(cnc31)cnn5C)cnn4C)cn2C. The van der Waals surface area contributed by atoms with Crippen LogP contribution in [0.15, 0.2) is 129 Å². The van der Waals surface area contributed by atoms with Gasteiger partial charge >= 0.3 is 7.82 Å². The van der Waals surface area contributed by atoms with Crippen molar-refractivity contribution in [2.45, 2.75) is 20.2 Å². The van der Waals surface area contributed by atoms with Gasteiger partial charge in [0.2, 0.25) is 0 Å². The molecule has 0 aliphatic heterocycles. The van der Waals surface area contributed by atoms with Gasteiger partial charge in [0.15, 0.2) is 0 Å². The molecule has 0 aliphatic carbocycles. The number of ether oxygens (including phenoxy) is 3. The quantitative estimate of drug-likeness (QED) is 0.0881. The lowest BCUT2D eigenvalue weighted by atomic mass is 10.1. The standard InChI is InChI=1S/C60H54N15O7P/c1-67-28-46(40-16-37(77-7)10-13-49(40)67)52-19-43-55-34(25-64-70(55)4)22-61-58(43)73(52)31-80-83(76,81-32-74-53(20-44-56-35(23-62-59(44)74)26-65-71(56)5)47-29-68(2)50-14-11-38(78-8)17-41(47)50)82-33-75-54(21-45-57-36(24-63-60(45)75)27-66-72(57)6)48-30-69(3)51-15-12-39(79-9)18-42(48)51/h10-30H,31-33H2,1-9H3. The largest absolute Gasteiger partial charge is 0.497 e. The fourth-order valence-corrected chi connectivity index (χ4v) is 13.2. The second-order valence-electron chi connectivity index (χ2n) is 20.9. The van der Waals surface area contributed by atoms with Crippen molar-refractivity contribution in [3.05, 3.63) is 129 Å². The van der Waals surface area contributed by atoms with Crippen molar-refractivity contribution in [2.75, 3.05) is 21.3 Å². The van der Waals surface area contributed by atoms with Crippen LogP contribution in [0.1, 0.15) is 0 Å². The van der Waals surface area contributed by atoms with E-state index in [1.54, 1.807) is 58.5 Å². The number of hydrogen-bond acceptors (Lipinski definition) is 13. The molecule has 0 amide bonds. The van der Waals surface area contributed by atoms with Gasteiger partial charge in [-0.05, 0) is 72.8 Å². The van der Waals surface area contributed by atoms with E-state index >= 15 is 4.57 Å². The first kappa shape index (κ1) is 50.2. The van der Waals surface area contributed by atoms with Crippen LogP contribution in [0.25, 0.3) is 132 Å². The summed E-state index contributed by atoms with van der Waals surface area (Å²) in [6, 6.07) is 24.1. The van der Waals surface area contributed by atoms with Gasteiger partial charge in [0.05, 0.1) is 73.6 Å². The van der Waals surface area contributed by atoms with E-state index in [4.69, 9.17) is 42.7 Å². The molecule has 0 bridgehead atoms. The fourth-order valence-electron chi connectivity index (χ4n) is 12.3. The van der Waals surface area contributed by atoms with Crippen molar-refractivity contribution < 1.29 is 32.3 Å². The number of aromatic nitrogens is 15. The number of pyridine rings is 3. The van der Waals surface area contributed by atoms with E-state index in [1.807, 2.05) is 125 Å². The Hall–Kier alpha value is -9.73. The minimum absolute atomic E-state index is 0.334. The minimum atomic E-state index is -4.79. The summed E-state index contributed by atoms with van der Waals surface area (Å²) in [5.74, 6) is 2.08. The summed E-state index contributed by atoms with van der Waals surface area (Å²) in [5, 5.41) is 21.6. The normalized spacial score (nSPS) is 12.5. The molecule has 0 atom stereocenters. The topological polar surface area (TPSA) is 194 Å². The Morgan fingerprint density at radius 2 is 0.699 bits per heavy atom. The first-order valence-corrected chi connectivity index (χ1v) is 28.1. The number of methoxy groups -OCH3 is 3. The minimum Gasteiger partial charge on any atom is -0.497 e. The molecule has 0 unspecified atom stereocenters. The number of rotatable bonds is 15. The maximum absolute atomic E-state index is 16.6. The van der Waals surface area contributed by atoms with Crippen LogP contribution < -0.4 is 14.2 Å². The van der Waals surface area contributed by atoms with Crippen LogP contribution in [0.4, 0.5) is 0 Å². The second-order valence-corrected chi connectivity index (χ2v) is 22.6. The highest BCUT2D eigenvalue weighted by Crippen LogP contribution is 2.53. The maximum atomic E-state index is 16.6. The van der Waals surface area contributed by atoms with Crippen LogP contribution >= 0.6 is 7.82 Å². The molecule has 15 aromatic rings. The predicted molar refractivity (Wildman–Crippen MR) is 318 cm³/mol. The lowest BCUT2D eigenvalue weighted by molar-refractivity contribution is 0.0574. The molecular formula is C60H54N15O7P. The maximum Gasteiger partial charge on any atom is 0.480 e. The average molecular weight is 1130 g/mol. The monoisotopic (exact) mass is 1130 g/mol. The van der Waals surface area contributed by atoms with Crippen LogP contribution in [0.2, 0.25) is 0 Å². The van der Waals surface area contributed by atoms with Gasteiger partial charge in [-0.15, -0.1) is 0 Å². The number of aryl methyl sites for hydroxylation is 6. The Kier molecular flexibility index (Phi) is 11.3. The molecule has 416 valence electrons. The molecule has 83 heavy (non-hydrogen) atoms. The number of fused-ring (bicyclic) bond motifs is 12. The summed E-state index contributed by atoms with van der Waals surface area (Å²) in [4.78, 5) is 15.1. The molecular weight excluding hydrogens is 1070 g/mol. The average Bonchev–Trinajstić information content (AvgIpc) is 4.53. The molecule has 3 aromatic carbocycles. The van der Waals surface area contributed by atoms with Crippen LogP contribution in [-0.2, 0) is 80.6 Å². The molecule has 0 saturated heterocycles. The number of phosphoric ester groups is 1. The molecule has 0 N–H and O–H groups in total. The zero-order chi connectivity index (χ0) is 56.7. The highest BCUT2D eigenvalue weighted by molar-refractivity contribution is 7.48. The first-order chi connectivity index (χ1) is 40.3. The van der Waals surface area contributed by atoms with Crippen LogP contribution in [0.3, 0.4) is 0 Å². The molecule has 0 saturated carbocycles. The van der Waals surface area contributed by atoms with Gasteiger partial charge in [-0.25, -0.2) is 19.5 Å². The Morgan fingerprint density at radius 3 is 0.988 bits per heavy atom. The Balaban J connectivity index is 0.912. The summed E-state index contributed by atoms with van der Waals surface area (Å²) < 4.78 is 71.7. The number of phosphoric acid groups is 1. The molecule has 15 rings (SSSR count). The van der Waals surface area contributed by atoms with Gasteiger partial charge in [-0.1, -0.05) is 0 Å². The van der Waals surface area contributed by atoms with Crippen LogP contribution in [0.5, 0.6) is 17.2 Å². The van der Waals surface area contributed by atoms with E-state index in [9.17, 15) is 0 Å². The Labute approximate surface area is 471 Å². The molecule has 12 heterocycles. The summed E-state index contributed by atoms with van der Waals surface area (Å²) >= 11 is 0. The van der Waals surface area contributed by atoms with Crippen LogP contribution in [-0.4, -0.2) is 93.0 Å². The third-order valence-corrected chi connectivity index (χ3v) is 17.6. The smallest absolute Gasteiger partial charge is 0.480 e. The van der Waals surface area contributed by atoms with E-state index in [2.05, 4.69) is 65.8 Å². The van der Waals surface area contributed by atoms with Crippen molar-refractivity contribution in [3.8, 4) is 51.0 Å². The van der Waals surface area contributed by atoms with E-state index in [-0.39, 0.29) is 20.2 Å². The summed E-state index contributed by atoms with van der Waals surface area (Å²) in [6.45, 7) is -1.00. The molecule has 23 heteroatoms. The molecule has 0 spiro atoms. The van der Waals surface area contributed by atoms with Gasteiger partial charge in [0, 0.05) is 161 Å². The van der Waals surface area contributed by atoms with E-state index in [1.165, 1.54) is 0 Å². The van der Waals surface area contributed by atoms with Gasteiger partial charge < -0.3 is 41.6 Å². The van der Waals surface area contributed by atoms with Gasteiger partial charge in [0.1, 0.15) is 54.4 Å². The first-order valence-electron chi connectivity index (χ1n) is 26.6. The van der Waals surface area contributed by atoms with E-state index in [0.29, 0.717) is 34.2 Å². The van der Waals surface area contributed by atoms with Gasteiger partial charge in [-0.3, -0.25) is 27.6 Å². The van der Waals surface area contributed by atoms with Crippen molar-refractivity contribution >= 4 is 106 Å². The molecule has 0 fully saturated rings. The van der Waals surface area contributed by atoms with E-state index < -0.39 is 7.82 Å². The number of benzene rings is 3. The van der Waals surface area contributed by atoms with Crippen molar-refractivity contribution in [1.82, 2.24) is 71.7 Å².